The zero-order valence-corrected chi connectivity index (χ0v) is 14.0. The molecule has 0 aliphatic carbocycles. The van der Waals surface area contributed by atoms with E-state index in [1.54, 1.807) is 6.33 Å². The smallest absolute Gasteiger partial charge is 0.220 e. The second-order valence-corrected chi connectivity index (χ2v) is 5.43. The Hall–Kier alpha value is -2.44. The molecule has 23 heavy (non-hydrogen) atoms. The lowest BCUT2D eigenvalue weighted by Gasteiger charge is -2.09. The van der Waals surface area contributed by atoms with Gasteiger partial charge in [-0.3, -0.25) is 9.36 Å². The highest BCUT2D eigenvalue weighted by atomic mass is 16.1. The third kappa shape index (κ3) is 4.77. The summed E-state index contributed by atoms with van der Waals surface area (Å²) in [5.41, 5.74) is 2.03. The molecule has 2 N–H and O–H groups in total. The summed E-state index contributed by atoms with van der Waals surface area (Å²) >= 11 is 0. The summed E-state index contributed by atoms with van der Waals surface area (Å²) in [6.07, 6.45) is 5.82. The third-order valence-electron chi connectivity index (χ3n) is 3.66. The molecule has 7 heteroatoms. The van der Waals surface area contributed by atoms with Crippen molar-refractivity contribution in [1.82, 2.24) is 24.8 Å². The van der Waals surface area contributed by atoms with Crippen molar-refractivity contribution in [3.8, 4) is 5.82 Å². The summed E-state index contributed by atoms with van der Waals surface area (Å²) in [6, 6.07) is 1.87. The third-order valence-corrected chi connectivity index (χ3v) is 3.66. The second kappa shape index (κ2) is 8.26. The molecule has 1 amide bonds. The average molecular weight is 316 g/mol. The molecule has 2 rings (SSSR count). The van der Waals surface area contributed by atoms with Gasteiger partial charge in [-0.1, -0.05) is 13.3 Å². The van der Waals surface area contributed by atoms with E-state index in [9.17, 15) is 4.79 Å². The summed E-state index contributed by atoms with van der Waals surface area (Å²) in [5.74, 6) is 1.60. The number of unbranched alkanes of at least 4 members (excludes halogenated alkanes) is 1. The molecule has 0 radical (unpaired) electrons. The molecule has 0 spiro atoms. The topological polar surface area (TPSA) is 84.7 Å². The standard InChI is InChI=1S/C16H24N6O/c1-4-5-6-16(23)18-8-7-17-14-9-15(20-10-19-14)22-11-21-12(2)13(22)3/h9-11H,4-8H2,1-3H3,(H,18,23)(H,17,19,20). The van der Waals surface area contributed by atoms with E-state index in [0.29, 0.717) is 19.5 Å². The van der Waals surface area contributed by atoms with Gasteiger partial charge in [0.05, 0.1) is 5.69 Å². The van der Waals surface area contributed by atoms with Crippen LogP contribution in [0.15, 0.2) is 18.7 Å². The maximum Gasteiger partial charge on any atom is 0.220 e. The van der Waals surface area contributed by atoms with Crippen LogP contribution in [0.25, 0.3) is 5.82 Å². The summed E-state index contributed by atoms with van der Waals surface area (Å²) in [7, 11) is 0. The van der Waals surface area contributed by atoms with Crippen molar-refractivity contribution in [3.63, 3.8) is 0 Å². The zero-order chi connectivity index (χ0) is 16.7. The minimum Gasteiger partial charge on any atom is -0.368 e. The van der Waals surface area contributed by atoms with E-state index in [0.717, 1.165) is 35.9 Å². The Kier molecular flexibility index (Phi) is 6.08. The van der Waals surface area contributed by atoms with Crippen molar-refractivity contribution >= 4 is 11.7 Å². The van der Waals surface area contributed by atoms with Crippen LogP contribution < -0.4 is 10.6 Å². The Balaban J connectivity index is 1.86. The normalized spacial score (nSPS) is 10.6. The van der Waals surface area contributed by atoms with Crippen LogP contribution >= 0.6 is 0 Å². The Bertz CT molecular complexity index is 652. The highest BCUT2D eigenvalue weighted by Gasteiger charge is 2.06. The minimum atomic E-state index is 0.0987. The van der Waals surface area contributed by atoms with Gasteiger partial charge in [0.15, 0.2) is 0 Å². The second-order valence-electron chi connectivity index (χ2n) is 5.43. The molecule has 124 valence electrons. The fraction of sp³-hybridized carbons (Fsp3) is 0.500. The highest BCUT2D eigenvalue weighted by Crippen LogP contribution is 2.13. The first-order chi connectivity index (χ1) is 11.1. The number of hydrogen-bond acceptors (Lipinski definition) is 5. The lowest BCUT2D eigenvalue weighted by atomic mass is 10.2. The Morgan fingerprint density at radius 2 is 2.04 bits per heavy atom. The zero-order valence-electron chi connectivity index (χ0n) is 14.0. The number of rotatable bonds is 8. The number of nitrogens with one attached hydrogen (secondary N) is 2. The first-order valence-electron chi connectivity index (χ1n) is 7.95. The van der Waals surface area contributed by atoms with E-state index >= 15 is 0 Å². The minimum absolute atomic E-state index is 0.0987. The summed E-state index contributed by atoms with van der Waals surface area (Å²) in [5, 5.41) is 6.08. The molecular weight excluding hydrogens is 292 g/mol. The number of amides is 1. The van der Waals surface area contributed by atoms with Crippen LogP contribution in [0.4, 0.5) is 5.82 Å². The number of nitrogens with zero attached hydrogens (tertiary/aromatic N) is 4. The fourth-order valence-electron chi connectivity index (χ4n) is 2.12. The number of aromatic nitrogens is 4. The van der Waals surface area contributed by atoms with Crippen LogP contribution in [-0.2, 0) is 4.79 Å². The van der Waals surface area contributed by atoms with Gasteiger partial charge < -0.3 is 10.6 Å². The number of carbonyl (C=O) groups is 1. The van der Waals surface area contributed by atoms with E-state index in [-0.39, 0.29) is 5.91 Å². The van der Waals surface area contributed by atoms with Crippen molar-refractivity contribution in [2.24, 2.45) is 0 Å². The summed E-state index contributed by atoms with van der Waals surface area (Å²) < 4.78 is 1.93. The molecule has 0 saturated heterocycles. The summed E-state index contributed by atoms with van der Waals surface area (Å²) in [4.78, 5) is 24.3. The SMILES string of the molecule is CCCCC(=O)NCCNc1cc(-n2cnc(C)c2C)ncn1. The number of anilines is 1. The number of aryl methyl sites for hydroxylation is 1. The van der Waals surface area contributed by atoms with Crippen LogP contribution in [0.1, 0.15) is 37.6 Å². The predicted molar refractivity (Wildman–Crippen MR) is 89.7 cm³/mol. The fourth-order valence-corrected chi connectivity index (χ4v) is 2.12. The average Bonchev–Trinajstić information content (AvgIpc) is 2.89. The number of carbonyl (C=O) groups excluding carboxylic acids is 1. The van der Waals surface area contributed by atoms with Crippen LogP contribution in [0.2, 0.25) is 0 Å². The van der Waals surface area contributed by atoms with Gasteiger partial charge in [-0.05, 0) is 20.3 Å². The van der Waals surface area contributed by atoms with E-state index in [1.807, 2.05) is 24.5 Å². The first-order valence-corrected chi connectivity index (χ1v) is 7.95. The Morgan fingerprint density at radius 3 is 2.74 bits per heavy atom. The number of imidazole rings is 1. The summed E-state index contributed by atoms with van der Waals surface area (Å²) in [6.45, 7) is 7.24. The number of hydrogen-bond donors (Lipinski definition) is 2. The molecule has 0 aromatic carbocycles. The van der Waals surface area contributed by atoms with Crippen molar-refractivity contribution in [2.75, 3.05) is 18.4 Å². The van der Waals surface area contributed by atoms with E-state index < -0.39 is 0 Å². The van der Waals surface area contributed by atoms with Gasteiger partial charge in [0.25, 0.3) is 0 Å². The van der Waals surface area contributed by atoms with Crippen molar-refractivity contribution < 1.29 is 4.79 Å². The molecule has 0 aliphatic rings. The van der Waals surface area contributed by atoms with E-state index in [4.69, 9.17) is 0 Å². The van der Waals surface area contributed by atoms with Crippen molar-refractivity contribution in [3.05, 3.63) is 30.1 Å². The van der Waals surface area contributed by atoms with E-state index in [2.05, 4.69) is 32.5 Å². The molecule has 2 heterocycles. The van der Waals surface area contributed by atoms with Crippen molar-refractivity contribution in [2.45, 2.75) is 40.0 Å². The van der Waals surface area contributed by atoms with Crippen LogP contribution in [0.3, 0.4) is 0 Å². The molecule has 0 unspecified atom stereocenters. The van der Waals surface area contributed by atoms with Gasteiger partial charge in [0, 0.05) is 31.3 Å². The quantitative estimate of drug-likeness (QED) is 0.728. The molecule has 7 nitrogen and oxygen atoms in total. The van der Waals surface area contributed by atoms with E-state index in [1.165, 1.54) is 6.33 Å². The largest absolute Gasteiger partial charge is 0.368 e. The Morgan fingerprint density at radius 1 is 1.22 bits per heavy atom. The van der Waals surface area contributed by atoms with Gasteiger partial charge in [-0.15, -0.1) is 0 Å². The van der Waals surface area contributed by atoms with Gasteiger partial charge in [0.2, 0.25) is 5.91 Å². The molecule has 0 aliphatic heterocycles. The van der Waals surface area contributed by atoms with Gasteiger partial charge in [0.1, 0.15) is 24.3 Å². The monoisotopic (exact) mass is 316 g/mol. The first kappa shape index (κ1) is 16.9. The molecular formula is C16H24N6O. The molecule has 0 saturated carbocycles. The highest BCUT2D eigenvalue weighted by molar-refractivity contribution is 5.75. The molecule has 0 atom stereocenters. The van der Waals surface area contributed by atoms with Crippen LogP contribution in [0.5, 0.6) is 0 Å². The van der Waals surface area contributed by atoms with Gasteiger partial charge in [-0.2, -0.15) is 0 Å². The van der Waals surface area contributed by atoms with Crippen molar-refractivity contribution in [1.29, 1.82) is 0 Å². The lowest BCUT2D eigenvalue weighted by molar-refractivity contribution is -0.121. The van der Waals surface area contributed by atoms with Crippen LogP contribution in [-0.4, -0.2) is 38.5 Å². The van der Waals surface area contributed by atoms with Crippen LogP contribution in [0, 0.1) is 13.8 Å². The van der Waals surface area contributed by atoms with Gasteiger partial charge >= 0.3 is 0 Å². The maximum atomic E-state index is 11.5. The Labute approximate surface area is 136 Å². The molecule has 0 bridgehead atoms. The molecule has 2 aromatic heterocycles. The molecule has 0 fully saturated rings. The predicted octanol–water partition coefficient (Wildman–Crippen LogP) is 2.00. The maximum absolute atomic E-state index is 11.5. The lowest BCUT2D eigenvalue weighted by Crippen LogP contribution is -2.28. The van der Waals surface area contributed by atoms with Gasteiger partial charge in [-0.25, -0.2) is 15.0 Å². The molecule has 2 aromatic rings.